The first-order valence-corrected chi connectivity index (χ1v) is 7.11. The van der Waals surface area contributed by atoms with Crippen molar-refractivity contribution < 1.29 is 14.7 Å². The molecule has 0 bridgehead atoms. The monoisotopic (exact) mass is 312 g/mol. The van der Waals surface area contributed by atoms with Gasteiger partial charge < -0.3 is 15.7 Å². The molecule has 1 atom stereocenters. The van der Waals surface area contributed by atoms with Gasteiger partial charge in [-0.3, -0.25) is 9.59 Å². The van der Waals surface area contributed by atoms with Crippen molar-refractivity contribution in [1.29, 1.82) is 0 Å². The van der Waals surface area contributed by atoms with Crippen molar-refractivity contribution in [2.75, 3.05) is 11.9 Å². The first-order chi connectivity index (χ1) is 9.70. The van der Waals surface area contributed by atoms with E-state index in [1.54, 1.807) is 24.3 Å². The van der Waals surface area contributed by atoms with Gasteiger partial charge in [-0.2, -0.15) is 0 Å². The standard InChI is InChI=1S/C15H21ClN2O3/c1-15(2,3)12(19)7-8-17-13(20)14(21)18-11-6-4-5-10(16)9-11/h4-6,9,12,19H,7-8H2,1-3H3,(H,17,20)(H,18,21). The Morgan fingerprint density at radius 2 is 1.95 bits per heavy atom. The Morgan fingerprint density at radius 3 is 2.52 bits per heavy atom. The molecule has 0 aliphatic rings. The van der Waals surface area contributed by atoms with Gasteiger partial charge in [-0.1, -0.05) is 38.4 Å². The van der Waals surface area contributed by atoms with E-state index in [0.29, 0.717) is 17.1 Å². The maximum absolute atomic E-state index is 11.7. The Hall–Kier alpha value is -1.59. The summed E-state index contributed by atoms with van der Waals surface area (Å²) in [5.41, 5.74) is 0.200. The van der Waals surface area contributed by atoms with Crippen LogP contribution in [0, 0.1) is 5.41 Å². The number of hydrogen-bond donors (Lipinski definition) is 3. The second-order valence-electron chi connectivity index (χ2n) is 5.89. The van der Waals surface area contributed by atoms with E-state index in [1.807, 2.05) is 20.8 Å². The largest absolute Gasteiger partial charge is 0.393 e. The van der Waals surface area contributed by atoms with E-state index in [-0.39, 0.29) is 12.0 Å². The lowest BCUT2D eigenvalue weighted by molar-refractivity contribution is -0.136. The van der Waals surface area contributed by atoms with E-state index in [9.17, 15) is 14.7 Å². The first kappa shape index (κ1) is 17.5. The molecule has 0 spiro atoms. The molecule has 2 amide bonds. The number of aliphatic hydroxyl groups excluding tert-OH is 1. The Morgan fingerprint density at radius 1 is 1.29 bits per heavy atom. The lowest BCUT2D eigenvalue weighted by atomic mass is 9.87. The molecule has 116 valence electrons. The molecule has 0 saturated carbocycles. The predicted octanol–water partition coefficient (Wildman–Crippen LogP) is 2.19. The van der Waals surface area contributed by atoms with Crippen molar-refractivity contribution in [2.45, 2.75) is 33.3 Å². The number of nitrogens with one attached hydrogen (secondary N) is 2. The van der Waals surface area contributed by atoms with E-state index in [4.69, 9.17) is 11.6 Å². The second kappa shape index (κ2) is 7.43. The highest BCUT2D eigenvalue weighted by Crippen LogP contribution is 2.20. The summed E-state index contributed by atoms with van der Waals surface area (Å²) in [5, 5.41) is 15.2. The van der Waals surface area contributed by atoms with Crippen LogP contribution in [0.5, 0.6) is 0 Å². The fourth-order valence-corrected chi connectivity index (χ4v) is 1.78. The molecule has 5 nitrogen and oxygen atoms in total. The number of carbonyl (C=O) groups is 2. The van der Waals surface area contributed by atoms with Crippen LogP contribution in [0.4, 0.5) is 5.69 Å². The molecule has 0 heterocycles. The molecule has 3 N–H and O–H groups in total. The van der Waals surface area contributed by atoms with Gasteiger partial charge in [0, 0.05) is 17.3 Å². The first-order valence-electron chi connectivity index (χ1n) is 6.73. The van der Waals surface area contributed by atoms with Gasteiger partial charge >= 0.3 is 11.8 Å². The van der Waals surface area contributed by atoms with Crippen molar-refractivity contribution in [3.05, 3.63) is 29.3 Å². The topological polar surface area (TPSA) is 78.4 Å². The number of amides is 2. The Balaban J connectivity index is 2.40. The molecule has 0 aromatic heterocycles. The SMILES string of the molecule is CC(C)(C)C(O)CCNC(=O)C(=O)Nc1cccc(Cl)c1. The quantitative estimate of drug-likeness (QED) is 0.746. The summed E-state index contributed by atoms with van der Waals surface area (Å²) in [5.74, 6) is -1.50. The molecular weight excluding hydrogens is 292 g/mol. The summed E-state index contributed by atoms with van der Waals surface area (Å²) < 4.78 is 0. The molecule has 1 unspecified atom stereocenters. The zero-order chi connectivity index (χ0) is 16.0. The summed E-state index contributed by atoms with van der Waals surface area (Å²) >= 11 is 5.79. The summed E-state index contributed by atoms with van der Waals surface area (Å²) in [6, 6.07) is 6.54. The van der Waals surface area contributed by atoms with E-state index in [2.05, 4.69) is 10.6 Å². The highest BCUT2D eigenvalue weighted by Gasteiger charge is 2.22. The van der Waals surface area contributed by atoms with Crippen molar-refractivity contribution in [1.82, 2.24) is 5.32 Å². The Bertz CT molecular complexity index is 512. The van der Waals surface area contributed by atoms with Crippen LogP contribution in [0.15, 0.2) is 24.3 Å². The van der Waals surface area contributed by atoms with Crippen LogP contribution in [-0.2, 0) is 9.59 Å². The molecule has 0 aliphatic heterocycles. The molecule has 0 saturated heterocycles. The van der Waals surface area contributed by atoms with E-state index >= 15 is 0 Å². The average Bonchev–Trinajstić information content (AvgIpc) is 2.37. The van der Waals surface area contributed by atoms with Crippen LogP contribution in [0.25, 0.3) is 0 Å². The predicted molar refractivity (Wildman–Crippen MR) is 83.2 cm³/mol. The lowest BCUT2D eigenvalue weighted by Gasteiger charge is -2.25. The van der Waals surface area contributed by atoms with Gasteiger partial charge in [0.05, 0.1) is 6.10 Å². The fourth-order valence-electron chi connectivity index (χ4n) is 1.59. The Kier molecular flexibility index (Phi) is 6.18. The minimum atomic E-state index is -0.762. The van der Waals surface area contributed by atoms with Gasteiger partial charge in [0.15, 0.2) is 0 Å². The van der Waals surface area contributed by atoms with E-state index < -0.39 is 17.9 Å². The van der Waals surface area contributed by atoms with Gasteiger partial charge in [-0.15, -0.1) is 0 Å². The maximum Gasteiger partial charge on any atom is 0.313 e. The van der Waals surface area contributed by atoms with Crippen LogP contribution in [-0.4, -0.2) is 29.6 Å². The summed E-state index contributed by atoms with van der Waals surface area (Å²) in [7, 11) is 0. The Labute approximate surface area is 129 Å². The summed E-state index contributed by atoms with van der Waals surface area (Å²) in [6.45, 7) is 5.96. The van der Waals surface area contributed by atoms with E-state index in [0.717, 1.165) is 0 Å². The molecular formula is C15H21ClN2O3. The van der Waals surface area contributed by atoms with Gasteiger partial charge in [0.1, 0.15) is 0 Å². The zero-order valence-electron chi connectivity index (χ0n) is 12.4. The van der Waals surface area contributed by atoms with Crippen molar-refractivity contribution >= 4 is 29.1 Å². The number of hydrogen-bond acceptors (Lipinski definition) is 3. The number of anilines is 1. The van der Waals surface area contributed by atoms with E-state index in [1.165, 1.54) is 0 Å². The fraction of sp³-hybridized carbons (Fsp3) is 0.467. The van der Waals surface area contributed by atoms with Gasteiger partial charge in [0.2, 0.25) is 0 Å². The van der Waals surface area contributed by atoms with Gasteiger partial charge in [-0.05, 0) is 30.0 Å². The number of benzene rings is 1. The normalized spacial score (nSPS) is 12.6. The summed E-state index contributed by atoms with van der Waals surface area (Å²) in [4.78, 5) is 23.3. The zero-order valence-corrected chi connectivity index (χ0v) is 13.2. The van der Waals surface area contributed by atoms with Gasteiger partial charge in [-0.25, -0.2) is 0 Å². The highest BCUT2D eigenvalue weighted by atomic mass is 35.5. The third kappa shape index (κ3) is 6.14. The molecule has 1 aromatic carbocycles. The van der Waals surface area contributed by atoms with Crippen molar-refractivity contribution in [3.8, 4) is 0 Å². The smallest absolute Gasteiger partial charge is 0.313 e. The molecule has 0 fully saturated rings. The third-order valence-corrected chi connectivity index (χ3v) is 3.23. The van der Waals surface area contributed by atoms with Crippen molar-refractivity contribution in [2.24, 2.45) is 5.41 Å². The second-order valence-corrected chi connectivity index (χ2v) is 6.33. The molecule has 6 heteroatoms. The molecule has 0 aliphatic carbocycles. The summed E-state index contributed by atoms with van der Waals surface area (Å²) in [6.07, 6.45) is -0.159. The highest BCUT2D eigenvalue weighted by molar-refractivity contribution is 6.39. The number of carbonyl (C=O) groups excluding carboxylic acids is 2. The van der Waals surface area contributed by atoms with Crippen LogP contribution >= 0.6 is 11.6 Å². The van der Waals surface area contributed by atoms with Gasteiger partial charge in [0.25, 0.3) is 0 Å². The molecule has 1 aromatic rings. The number of aliphatic hydroxyl groups is 1. The minimum Gasteiger partial charge on any atom is -0.393 e. The molecule has 21 heavy (non-hydrogen) atoms. The lowest BCUT2D eigenvalue weighted by Crippen LogP contribution is -2.38. The van der Waals surface area contributed by atoms with Crippen LogP contribution in [0.2, 0.25) is 5.02 Å². The minimum absolute atomic E-state index is 0.236. The van der Waals surface area contributed by atoms with Crippen LogP contribution in [0.3, 0.4) is 0 Å². The third-order valence-electron chi connectivity index (χ3n) is 2.99. The molecule has 0 radical (unpaired) electrons. The van der Waals surface area contributed by atoms with Crippen LogP contribution in [0.1, 0.15) is 27.2 Å². The molecule has 1 rings (SSSR count). The average molecular weight is 313 g/mol. The maximum atomic E-state index is 11.7. The van der Waals surface area contributed by atoms with Crippen LogP contribution < -0.4 is 10.6 Å². The number of rotatable bonds is 4. The van der Waals surface area contributed by atoms with Crippen molar-refractivity contribution in [3.63, 3.8) is 0 Å². The number of halogens is 1.